The molecule has 0 bridgehead atoms. The quantitative estimate of drug-likeness (QED) is 0.582. The number of rotatable bonds is 4. The van der Waals surface area contributed by atoms with Crippen molar-refractivity contribution >= 4 is 49.4 Å². The number of fused-ring (bicyclic) bond motifs is 1. The maximum absolute atomic E-state index is 12.6. The van der Waals surface area contributed by atoms with Crippen LogP contribution in [0.25, 0.3) is 10.2 Å². The first-order valence-electron chi connectivity index (χ1n) is 7.45. The molecule has 0 atom stereocenters. The normalized spacial score (nSPS) is 11.8. The molecule has 0 saturated carbocycles. The molecule has 1 aromatic carbocycles. The Morgan fingerprint density at radius 2 is 2.12 bits per heavy atom. The maximum Gasteiger partial charge on any atom is 0.325 e. The second-order valence-corrected chi connectivity index (χ2v) is 7.23. The Labute approximate surface area is 160 Å². The molecule has 0 radical (unpaired) electrons. The predicted octanol–water partition coefficient (Wildman–Crippen LogP) is 2.12. The number of nitrogens with zero attached hydrogens (tertiary/aromatic N) is 4. The third kappa shape index (κ3) is 3.56. The van der Waals surface area contributed by atoms with Gasteiger partial charge in [-0.1, -0.05) is 27.3 Å². The molecule has 8 nitrogen and oxygen atoms in total. The molecular weight excluding hydrogens is 424 g/mol. The van der Waals surface area contributed by atoms with Crippen LogP contribution in [0.15, 0.2) is 33.9 Å². The zero-order chi connectivity index (χ0) is 18.8. The lowest BCUT2D eigenvalue weighted by Crippen LogP contribution is -2.22. The molecule has 0 aliphatic carbocycles. The van der Waals surface area contributed by atoms with Crippen molar-refractivity contribution < 1.29 is 19.1 Å². The Morgan fingerprint density at radius 3 is 2.81 bits per heavy atom. The van der Waals surface area contributed by atoms with Gasteiger partial charge in [0.1, 0.15) is 12.1 Å². The molecule has 0 saturated heterocycles. The first-order chi connectivity index (χ1) is 12.4. The second kappa shape index (κ2) is 7.42. The van der Waals surface area contributed by atoms with Gasteiger partial charge in [-0.2, -0.15) is 4.99 Å². The summed E-state index contributed by atoms with van der Waals surface area (Å²) in [5, 5.41) is 4.06. The van der Waals surface area contributed by atoms with Crippen LogP contribution < -0.4 is 9.54 Å². The van der Waals surface area contributed by atoms with Gasteiger partial charge in [-0.25, -0.2) is 0 Å². The molecule has 0 aliphatic heterocycles. The fourth-order valence-electron chi connectivity index (χ4n) is 2.39. The summed E-state index contributed by atoms with van der Waals surface area (Å²) in [7, 11) is 4.44. The number of aromatic nitrogens is 3. The summed E-state index contributed by atoms with van der Waals surface area (Å²) < 4.78 is 14.8. The fraction of sp³-hybridized carbons (Fsp3) is 0.250. The van der Waals surface area contributed by atoms with Gasteiger partial charge in [0, 0.05) is 17.7 Å². The van der Waals surface area contributed by atoms with Crippen molar-refractivity contribution in [3.05, 3.63) is 39.2 Å². The van der Waals surface area contributed by atoms with Crippen LogP contribution in [0.1, 0.15) is 10.4 Å². The number of thiazole rings is 1. The molecule has 26 heavy (non-hydrogen) atoms. The van der Waals surface area contributed by atoms with Crippen LogP contribution in [0.4, 0.5) is 0 Å². The SMILES string of the molecule is COC(=O)Cn1c(=NC(=O)c2cn(C)nc2OC)sc2cc(Br)ccc21. The number of hydrogen-bond donors (Lipinski definition) is 0. The number of aryl methyl sites for hydroxylation is 1. The number of methoxy groups -OCH3 is 2. The number of amides is 1. The standard InChI is InChI=1S/C16H15BrN4O4S/c1-20-7-10(15(19-20)25-3)14(23)18-16-21(8-13(22)24-2)11-5-4-9(17)6-12(11)26-16/h4-7H,8H2,1-3H3. The maximum atomic E-state index is 12.6. The number of esters is 1. The van der Waals surface area contributed by atoms with Crippen molar-refractivity contribution in [2.24, 2.45) is 12.0 Å². The highest BCUT2D eigenvalue weighted by molar-refractivity contribution is 9.10. The number of carbonyl (C=O) groups is 2. The van der Waals surface area contributed by atoms with Crippen molar-refractivity contribution in [3.8, 4) is 5.88 Å². The van der Waals surface area contributed by atoms with Gasteiger partial charge < -0.3 is 14.0 Å². The monoisotopic (exact) mass is 438 g/mol. The number of ether oxygens (including phenoxy) is 2. The van der Waals surface area contributed by atoms with Crippen LogP contribution in [0.3, 0.4) is 0 Å². The average molecular weight is 439 g/mol. The lowest BCUT2D eigenvalue weighted by Gasteiger charge is -2.03. The van der Waals surface area contributed by atoms with E-state index in [9.17, 15) is 9.59 Å². The van der Waals surface area contributed by atoms with Crippen molar-refractivity contribution in [2.45, 2.75) is 6.54 Å². The third-order valence-corrected chi connectivity index (χ3v) is 5.11. The molecule has 0 aliphatic rings. The number of benzene rings is 1. The summed E-state index contributed by atoms with van der Waals surface area (Å²) in [5.74, 6) is -0.732. The minimum absolute atomic E-state index is 0.0472. The largest absolute Gasteiger partial charge is 0.479 e. The fourth-order valence-corrected chi connectivity index (χ4v) is 3.97. The highest BCUT2D eigenvalue weighted by Crippen LogP contribution is 2.23. The Hall–Kier alpha value is -2.46. The molecule has 3 aromatic rings. The summed E-state index contributed by atoms with van der Waals surface area (Å²) >= 11 is 4.72. The Morgan fingerprint density at radius 1 is 1.35 bits per heavy atom. The first kappa shape index (κ1) is 18.3. The van der Waals surface area contributed by atoms with Gasteiger partial charge in [-0.3, -0.25) is 14.3 Å². The van der Waals surface area contributed by atoms with Gasteiger partial charge in [0.2, 0.25) is 5.88 Å². The first-order valence-corrected chi connectivity index (χ1v) is 9.06. The summed E-state index contributed by atoms with van der Waals surface area (Å²) in [4.78, 5) is 29.0. The van der Waals surface area contributed by atoms with Gasteiger partial charge in [-0.05, 0) is 18.2 Å². The topological polar surface area (TPSA) is 87.7 Å². The molecule has 10 heteroatoms. The van der Waals surface area contributed by atoms with Crippen LogP contribution in [0, 0.1) is 0 Å². The zero-order valence-corrected chi connectivity index (χ0v) is 16.6. The number of halogens is 1. The second-order valence-electron chi connectivity index (χ2n) is 5.30. The van der Waals surface area contributed by atoms with E-state index >= 15 is 0 Å². The van der Waals surface area contributed by atoms with Crippen LogP contribution in [0.2, 0.25) is 0 Å². The molecule has 0 unspecified atom stereocenters. The van der Waals surface area contributed by atoms with E-state index in [4.69, 9.17) is 9.47 Å². The van der Waals surface area contributed by atoms with Crippen LogP contribution in [0.5, 0.6) is 5.88 Å². The molecule has 2 aromatic heterocycles. The summed E-state index contributed by atoms with van der Waals surface area (Å²) in [6.07, 6.45) is 1.54. The summed E-state index contributed by atoms with van der Waals surface area (Å²) in [5.41, 5.74) is 1.03. The van der Waals surface area contributed by atoms with Gasteiger partial charge in [0.05, 0.1) is 24.4 Å². The van der Waals surface area contributed by atoms with Crippen molar-refractivity contribution in [3.63, 3.8) is 0 Å². The minimum Gasteiger partial charge on any atom is -0.479 e. The zero-order valence-electron chi connectivity index (χ0n) is 14.2. The van der Waals surface area contributed by atoms with Crippen molar-refractivity contribution in [1.29, 1.82) is 0 Å². The highest BCUT2D eigenvalue weighted by Gasteiger charge is 2.17. The van der Waals surface area contributed by atoms with Gasteiger partial charge in [-0.15, -0.1) is 5.10 Å². The molecule has 0 fully saturated rings. The van der Waals surface area contributed by atoms with E-state index in [1.807, 2.05) is 18.2 Å². The van der Waals surface area contributed by atoms with E-state index in [0.29, 0.717) is 4.80 Å². The predicted molar refractivity (Wildman–Crippen MR) is 99.2 cm³/mol. The van der Waals surface area contributed by atoms with E-state index in [0.717, 1.165) is 14.7 Å². The van der Waals surface area contributed by atoms with Crippen molar-refractivity contribution in [2.75, 3.05) is 14.2 Å². The smallest absolute Gasteiger partial charge is 0.325 e. The van der Waals surface area contributed by atoms with E-state index < -0.39 is 11.9 Å². The summed E-state index contributed by atoms with van der Waals surface area (Å²) in [6.45, 7) is -0.0472. The van der Waals surface area contributed by atoms with Crippen molar-refractivity contribution in [1.82, 2.24) is 14.3 Å². The van der Waals surface area contributed by atoms with Crippen LogP contribution >= 0.6 is 27.3 Å². The lowest BCUT2D eigenvalue weighted by atomic mass is 10.3. The molecule has 1 amide bonds. The molecule has 0 N–H and O–H groups in total. The number of carbonyl (C=O) groups excluding carboxylic acids is 2. The van der Waals surface area contributed by atoms with Gasteiger partial charge in [0.15, 0.2) is 4.80 Å². The summed E-state index contributed by atoms with van der Waals surface area (Å²) in [6, 6.07) is 5.62. The molecule has 3 rings (SSSR count). The minimum atomic E-state index is -0.501. The van der Waals surface area contributed by atoms with Crippen LogP contribution in [-0.2, 0) is 23.1 Å². The Balaban J connectivity index is 2.15. The number of hydrogen-bond acceptors (Lipinski definition) is 6. The van der Waals surface area contributed by atoms with Gasteiger partial charge >= 0.3 is 5.97 Å². The van der Waals surface area contributed by atoms with Gasteiger partial charge in [0.25, 0.3) is 5.91 Å². The Kier molecular flexibility index (Phi) is 5.23. The van der Waals surface area contributed by atoms with E-state index in [1.165, 1.54) is 30.2 Å². The lowest BCUT2D eigenvalue weighted by molar-refractivity contribution is -0.141. The molecule has 136 valence electrons. The average Bonchev–Trinajstić information content (AvgIpc) is 3.14. The van der Waals surface area contributed by atoms with E-state index in [1.54, 1.807) is 17.8 Å². The molecule has 0 spiro atoms. The molecular formula is C16H15BrN4O4S. The Bertz CT molecular complexity index is 1070. The highest BCUT2D eigenvalue weighted by atomic mass is 79.9. The van der Waals surface area contributed by atoms with E-state index in [2.05, 4.69) is 26.0 Å². The third-order valence-electron chi connectivity index (χ3n) is 3.58. The molecule has 2 heterocycles. The van der Waals surface area contributed by atoms with Crippen LogP contribution in [-0.4, -0.2) is 40.4 Å². The van der Waals surface area contributed by atoms with E-state index in [-0.39, 0.29) is 18.0 Å².